The normalized spacial score (nSPS) is 16.6. The summed E-state index contributed by atoms with van der Waals surface area (Å²) in [7, 11) is -3.80. The maximum absolute atomic E-state index is 12.9. The lowest BCUT2D eigenvalue weighted by atomic mass is 9.93. The fraction of sp³-hybridized carbons (Fsp3) is 0.304. The standard InChI is InChI=1S/C23H26N2O5S/c1-4-30-22(26)20-19(14-31(28,29)18-8-6-5-7-9-18)24-23(27)25-21(20)17-12-10-16(11-13-17)15(2)3/h5-13,15,21H,4,14H2,1-3H3,(H2,24,25,27)/t21-/m1/s1. The minimum Gasteiger partial charge on any atom is -0.463 e. The average molecular weight is 443 g/mol. The first kappa shape index (κ1) is 22.6. The third-order valence-corrected chi connectivity index (χ3v) is 6.68. The quantitative estimate of drug-likeness (QED) is 0.640. The fourth-order valence-electron chi connectivity index (χ4n) is 3.41. The van der Waals surface area contributed by atoms with Gasteiger partial charge in [0.1, 0.15) is 0 Å². The first-order valence-electron chi connectivity index (χ1n) is 10.1. The third kappa shape index (κ3) is 5.14. The van der Waals surface area contributed by atoms with E-state index in [9.17, 15) is 18.0 Å². The van der Waals surface area contributed by atoms with Gasteiger partial charge in [0.15, 0.2) is 9.84 Å². The van der Waals surface area contributed by atoms with Crippen molar-refractivity contribution in [3.05, 3.63) is 77.0 Å². The summed E-state index contributed by atoms with van der Waals surface area (Å²) in [5, 5.41) is 5.23. The second-order valence-corrected chi connectivity index (χ2v) is 9.53. The first-order chi connectivity index (χ1) is 14.7. The summed E-state index contributed by atoms with van der Waals surface area (Å²) in [6.07, 6.45) is 0. The Morgan fingerprint density at radius 1 is 1.06 bits per heavy atom. The highest BCUT2D eigenvalue weighted by Gasteiger charge is 2.35. The number of sulfone groups is 1. The lowest BCUT2D eigenvalue weighted by Gasteiger charge is -2.29. The van der Waals surface area contributed by atoms with Gasteiger partial charge in [0.2, 0.25) is 0 Å². The molecule has 2 aromatic rings. The Bertz CT molecular complexity index is 1090. The molecular weight excluding hydrogens is 416 g/mol. The summed E-state index contributed by atoms with van der Waals surface area (Å²) >= 11 is 0. The van der Waals surface area contributed by atoms with Crippen molar-refractivity contribution in [2.45, 2.75) is 37.6 Å². The molecule has 2 N–H and O–H groups in total. The number of urea groups is 1. The average Bonchev–Trinajstić information content (AvgIpc) is 2.74. The van der Waals surface area contributed by atoms with E-state index in [2.05, 4.69) is 24.5 Å². The summed E-state index contributed by atoms with van der Waals surface area (Å²) in [5.74, 6) is -0.881. The van der Waals surface area contributed by atoms with Gasteiger partial charge in [-0.1, -0.05) is 56.3 Å². The van der Waals surface area contributed by atoms with E-state index < -0.39 is 33.6 Å². The van der Waals surface area contributed by atoms with Crippen molar-refractivity contribution >= 4 is 21.8 Å². The molecule has 0 unspecified atom stereocenters. The molecule has 0 saturated heterocycles. The van der Waals surface area contributed by atoms with E-state index in [1.807, 2.05) is 24.3 Å². The minimum atomic E-state index is -3.80. The molecule has 0 radical (unpaired) electrons. The molecule has 2 aromatic carbocycles. The second-order valence-electron chi connectivity index (χ2n) is 7.54. The molecule has 31 heavy (non-hydrogen) atoms. The molecular formula is C23H26N2O5S. The lowest BCUT2D eigenvalue weighted by Crippen LogP contribution is -2.47. The Hall–Kier alpha value is -3.13. The van der Waals surface area contributed by atoms with Crippen LogP contribution in [0.5, 0.6) is 0 Å². The van der Waals surface area contributed by atoms with Crippen LogP contribution in [0.1, 0.15) is 43.9 Å². The van der Waals surface area contributed by atoms with Crippen LogP contribution < -0.4 is 10.6 Å². The van der Waals surface area contributed by atoms with Crippen LogP contribution in [-0.4, -0.2) is 32.8 Å². The molecule has 0 saturated carbocycles. The molecule has 0 aliphatic carbocycles. The van der Waals surface area contributed by atoms with Gasteiger partial charge in [-0.3, -0.25) is 0 Å². The van der Waals surface area contributed by atoms with E-state index in [1.165, 1.54) is 12.1 Å². The van der Waals surface area contributed by atoms with E-state index in [0.717, 1.165) is 5.56 Å². The highest BCUT2D eigenvalue weighted by atomic mass is 32.2. The second kappa shape index (κ2) is 9.34. The summed E-state index contributed by atoms with van der Waals surface area (Å²) < 4.78 is 31.1. The fourth-order valence-corrected chi connectivity index (χ4v) is 4.75. The molecule has 1 aliphatic rings. The lowest BCUT2D eigenvalue weighted by molar-refractivity contribution is -0.139. The molecule has 2 amide bonds. The van der Waals surface area contributed by atoms with E-state index in [-0.39, 0.29) is 22.8 Å². The van der Waals surface area contributed by atoms with Crippen LogP contribution in [0.25, 0.3) is 0 Å². The summed E-state index contributed by atoms with van der Waals surface area (Å²) in [5.41, 5.74) is 1.87. The first-order valence-corrected chi connectivity index (χ1v) is 11.7. The van der Waals surface area contributed by atoms with Gasteiger partial charge in [-0.15, -0.1) is 0 Å². The number of carbonyl (C=O) groups excluding carboxylic acids is 2. The summed E-state index contributed by atoms with van der Waals surface area (Å²) in [6, 6.07) is 14.0. The Balaban J connectivity index is 2.08. The number of amides is 2. The Kier molecular flexibility index (Phi) is 6.80. The minimum absolute atomic E-state index is 0.0176. The molecule has 0 aromatic heterocycles. The van der Waals surface area contributed by atoms with Gasteiger partial charge in [-0.05, 0) is 36.1 Å². The van der Waals surface area contributed by atoms with E-state index in [0.29, 0.717) is 11.5 Å². The van der Waals surface area contributed by atoms with Gasteiger partial charge < -0.3 is 15.4 Å². The van der Waals surface area contributed by atoms with Crippen LogP contribution in [0.15, 0.2) is 70.8 Å². The Morgan fingerprint density at radius 3 is 2.29 bits per heavy atom. The number of hydrogen-bond donors (Lipinski definition) is 2. The number of benzene rings is 2. The van der Waals surface area contributed by atoms with Crippen molar-refractivity contribution in [2.24, 2.45) is 0 Å². The van der Waals surface area contributed by atoms with Crippen LogP contribution in [-0.2, 0) is 19.4 Å². The zero-order chi connectivity index (χ0) is 22.6. The van der Waals surface area contributed by atoms with E-state index >= 15 is 0 Å². The van der Waals surface area contributed by atoms with Crippen LogP contribution in [0.4, 0.5) is 4.79 Å². The number of rotatable bonds is 7. The van der Waals surface area contributed by atoms with Gasteiger partial charge in [0.05, 0.1) is 28.9 Å². The largest absolute Gasteiger partial charge is 0.463 e. The monoisotopic (exact) mass is 442 g/mol. The van der Waals surface area contributed by atoms with Crippen LogP contribution >= 0.6 is 0 Å². The number of carbonyl (C=O) groups is 2. The maximum atomic E-state index is 12.9. The third-order valence-electron chi connectivity index (χ3n) is 5.02. The topological polar surface area (TPSA) is 102 Å². The number of nitrogens with one attached hydrogen (secondary N) is 2. The molecule has 8 heteroatoms. The highest BCUT2D eigenvalue weighted by Crippen LogP contribution is 2.30. The predicted molar refractivity (Wildman–Crippen MR) is 117 cm³/mol. The van der Waals surface area contributed by atoms with Crippen molar-refractivity contribution in [3.63, 3.8) is 0 Å². The molecule has 7 nitrogen and oxygen atoms in total. The van der Waals surface area contributed by atoms with Gasteiger partial charge in [0, 0.05) is 5.70 Å². The van der Waals surface area contributed by atoms with Crippen molar-refractivity contribution in [1.82, 2.24) is 10.6 Å². The zero-order valence-electron chi connectivity index (χ0n) is 17.7. The van der Waals surface area contributed by atoms with Crippen LogP contribution in [0, 0.1) is 0 Å². The van der Waals surface area contributed by atoms with Gasteiger partial charge in [-0.2, -0.15) is 0 Å². The number of hydrogen-bond acceptors (Lipinski definition) is 5. The zero-order valence-corrected chi connectivity index (χ0v) is 18.5. The molecule has 0 fully saturated rings. The number of ether oxygens (including phenoxy) is 1. The van der Waals surface area contributed by atoms with Crippen molar-refractivity contribution in [3.8, 4) is 0 Å². The number of esters is 1. The van der Waals surface area contributed by atoms with Gasteiger partial charge >= 0.3 is 12.0 Å². The van der Waals surface area contributed by atoms with Crippen molar-refractivity contribution < 1.29 is 22.7 Å². The molecule has 164 valence electrons. The van der Waals surface area contributed by atoms with Gasteiger partial charge in [-0.25, -0.2) is 18.0 Å². The summed E-state index contributed by atoms with van der Waals surface area (Å²) in [4.78, 5) is 25.3. The molecule has 1 heterocycles. The molecule has 3 rings (SSSR count). The van der Waals surface area contributed by atoms with Gasteiger partial charge in [0.25, 0.3) is 0 Å². The van der Waals surface area contributed by atoms with Crippen molar-refractivity contribution in [2.75, 3.05) is 12.4 Å². The molecule has 1 aliphatic heterocycles. The highest BCUT2D eigenvalue weighted by molar-refractivity contribution is 7.91. The smallest absolute Gasteiger partial charge is 0.338 e. The van der Waals surface area contributed by atoms with Crippen LogP contribution in [0.3, 0.4) is 0 Å². The Morgan fingerprint density at radius 2 is 1.71 bits per heavy atom. The predicted octanol–water partition coefficient (Wildman–Crippen LogP) is 3.46. The molecule has 0 spiro atoms. The van der Waals surface area contributed by atoms with E-state index in [1.54, 1.807) is 25.1 Å². The van der Waals surface area contributed by atoms with Crippen LogP contribution in [0.2, 0.25) is 0 Å². The Labute approximate surface area is 182 Å². The SMILES string of the molecule is CCOC(=O)C1=C(CS(=O)(=O)c2ccccc2)NC(=O)N[C@@H]1c1ccc(C(C)C)cc1. The summed E-state index contributed by atoms with van der Waals surface area (Å²) in [6.45, 7) is 5.92. The van der Waals surface area contributed by atoms with Crippen molar-refractivity contribution in [1.29, 1.82) is 0 Å². The maximum Gasteiger partial charge on any atom is 0.338 e. The molecule has 1 atom stereocenters. The van der Waals surface area contributed by atoms with E-state index in [4.69, 9.17) is 4.74 Å². The molecule has 0 bridgehead atoms.